The number of alkyl halides is 6. The van der Waals surface area contributed by atoms with E-state index in [1.165, 1.54) is 0 Å². The predicted molar refractivity (Wildman–Crippen MR) is 151 cm³/mol. The lowest BCUT2D eigenvalue weighted by molar-refractivity contribution is -0.143. The largest absolute Gasteiger partial charge is 0.416 e. The number of halogens is 6. The SMILES string of the molecule is C=CC1CN2CCC1C[C@H]2C(Nc1c(Nc2cc(C(F)(F)F)cc(C(F)(F)F)c2)c(=O)c1=O)c1ccnc2ccccc12. The first-order valence-corrected chi connectivity index (χ1v) is 13.7. The summed E-state index contributed by atoms with van der Waals surface area (Å²) in [6.07, 6.45) is -4.83. The molecule has 224 valence electrons. The fourth-order valence-corrected chi connectivity index (χ4v) is 6.47. The molecule has 5 atom stereocenters. The van der Waals surface area contributed by atoms with Gasteiger partial charge in [0, 0.05) is 29.9 Å². The van der Waals surface area contributed by atoms with Crippen molar-refractivity contribution in [2.45, 2.75) is 37.3 Å². The van der Waals surface area contributed by atoms with Gasteiger partial charge in [-0.1, -0.05) is 24.3 Å². The molecule has 0 amide bonds. The van der Waals surface area contributed by atoms with Crippen molar-refractivity contribution in [1.29, 1.82) is 0 Å². The third-order valence-corrected chi connectivity index (χ3v) is 8.62. The molecule has 4 aromatic rings. The zero-order chi connectivity index (χ0) is 30.7. The van der Waals surface area contributed by atoms with Gasteiger partial charge in [0.25, 0.3) is 10.9 Å². The number of hydrogen-bond donors (Lipinski definition) is 2. The Labute approximate surface area is 241 Å². The van der Waals surface area contributed by atoms with Crippen LogP contribution in [0.15, 0.2) is 77.0 Å². The van der Waals surface area contributed by atoms with Crippen LogP contribution in [0.2, 0.25) is 0 Å². The van der Waals surface area contributed by atoms with Crippen molar-refractivity contribution in [3.63, 3.8) is 0 Å². The summed E-state index contributed by atoms with van der Waals surface area (Å²) in [5.41, 5.74) is -4.71. The number of anilines is 3. The Morgan fingerprint density at radius 2 is 1.63 bits per heavy atom. The van der Waals surface area contributed by atoms with Crippen LogP contribution in [0.4, 0.5) is 43.4 Å². The van der Waals surface area contributed by atoms with Crippen LogP contribution in [-0.4, -0.2) is 29.0 Å². The van der Waals surface area contributed by atoms with Gasteiger partial charge in [0.05, 0.1) is 22.7 Å². The quantitative estimate of drug-likeness (QED) is 0.140. The maximum absolute atomic E-state index is 13.4. The molecule has 3 aliphatic rings. The van der Waals surface area contributed by atoms with Crippen LogP contribution < -0.4 is 21.5 Å². The molecule has 4 heterocycles. The molecule has 0 saturated carbocycles. The van der Waals surface area contributed by atoms with Gasteiger partial charge >= 0.3 is 12.4 Å². The Morgan fingerprint density at radius 3 is 2.26 bits per heavy atom. The van der Waals surface area contributed by atoms with E-state index in [4.69, 9.17) is 0 Å². The van der Waals surface area contributed by atoms with Crippen LogP contribution >= 0.6 is 0 Å². The first kappa shape index (κ1) is 28.9. The molecule has 1 aromatic heterocycles. The van der Waals surface area contributed by atoms with E-state index < -0.39 is 46.1 Å². The highest BCUT2D eigenvalue weighted by atomic mass is 19.4. The average molecular weight is 601 g/mol. The van der Waals surface area contributed by atoms with E-state index in [1.807, 2.05) is 36.4 Å². The van der Waals surface area contributed by atoms with Gasteiger partial charge in [0.1, 0.15) is 11.4 Å². The molecule has 43 heavy (non-hydrogen) atoms. The van der Waals surface area contributed by atoms with Crippen LogP contribution in [0, 0.1) is 11.8 Å². The van der Waals surface area contributed by atoms with Crippen LogP contribution in [0.5, 0.6) is 0 Å². The average Bonchev–Trinajstić information content (AvgIpc) is 2.99. The summed E-state index contributed by atoms with van der Waals surface area (Å²) in [5.74, 6) is 0.646. The third-order valence-electron chi connectivity index (χ3n) is 8.62. The number of para-hydroxylation sites is 1. The number of pyridine rings is 1. The van der Waals surface area contributed by atoms with E-state index in [1.54, 1.807) is 6.20 Å². The maximum atomic E-state index is 13.4. The number of aromatic nitrogens is 1. The van der Waals surface area contributed by atoms with Gasteiger partial charge in [0.15, 0.2) is 0 Å². The van der Waals surface area contributed by atoms with Gasteiger partial charge in [-0.05, 0) is 67.1 Å². The van der Waals surface area contributed by atoms with E-state index in [9.17, 15) is 35.9 Å². The lowest BCUT2D eigenvalue weighted by atomic mass is 9.73. The van der Waals surface area contributed by atoms with Crippen LogP contribution in [-0.2, 0) is 12.4 Å². The molecule has 3 fully saturated rings. The zero-order valence-corrected chi connectivity index (χ0v) is 22.6. The number of nitrogens with one attached hydrogen (secondary N) is 2. The summed E-state index contributed by atoms with van der Waals surface area (Å²) >= 11 is 0. The van der Waals surface area contributed by atoms with Crippen LogP contribution in [0.25, 0.3) is 10.9 Å². The zero-order valence-electron chi connectivity index (χ0n) is 22.6. The highest BCUT2D eigenvalue weighted by Gasteiger charge is 2.44. The number of fused-ring (bicyclic) bond motifs is 4. The second kappa shape index (κ2) is 10.5. The molecule has 2 bridgehead atoms. The minimum atomic E-state index is -5.07. The molecule has 0 radical (unpaired) electrons. The minimum Gasteiger partial charge on any atom is -0.372 e. The molecular formula is C31H26F6N4O2. The molecule has 0 aliphatic carbocycles. The summed E-state index contributed by atoms with van der Waals surface area (Å²) in [5, 5.41) is 6.40. The van der Waals surface area contributed by atoms with Gasteiger partial charge in [-0.3, -0.25) is 19.5 Å². The van der Waals surface area contributed by atoms with Crippen molar-refractivity contribution in [1.82, 2.24) is 9.88 Å². The molecule has 3 aliphatic heterocycles. The topological polar surface area (TPSA) is 74.3 Å². The molecule has 12 heteroatoms. The molecule has 6 nitrogen and oxygen atoms in total. The van der Waals surface area contributed by atoms with Gasteiger partial charge in [-0.2, -0.15) is 26.3 Å². The lowest BCUT2D eigenvalue weighted by Crippen LogP contribution is -2.56. The van der Waals surface area contributed by atoms with E-state index >= 15 is 0 Å². The van der Waals surface area contributed by atoms with Crippen LogP contribution in [0.1, 0.15) is 35.6 Å². The number of hydrogen-bond acceptors (Lipinski definition) is 6. The number of piperidine rings is 3. The third kappa shape index (κ3) is 5.28. The monoisotopic (exact) mass is 600 g/mol. The Hall–Kier alpha value is -4.19. The number of rotatable bonds is 7. The van der Waals surface area contributed by atoms with Gasteiger partial charge < -0.3 is 10.6 Å². The van der Waals surface area contributed by atoms with E-state index in [-0.39, 0.29) is 23.5 Å². The molecular weight excluding hydrogens is 574 g/mol. The Kier molecular flexibility index (Phi) is 7.07. The highest BCUT2D eigenvalue weighted by molar-refractivity contribution is 5.84. The van der Waals surface area contributed by atoms with Gasteiger partial charge in [-0.15, -0.1) is 6.58 Å². The molecule has 0 spiro atoms. The van der Waals surface area contributed by atoms with Crippen molar-refractivity contribution in [3.05, 3.63) is 105 Å². The van der Waals surface area contributed by atoms with Gasteiger partial charge in [0.2, 0.25) is 0 Å². The fourth-order valence-electron chi connectivity index (χ4n) is 6.47. The standard InChI is InChI=1S/C31H26F6N4O2/c1-2-16-15-41-10-8-17(16)11-24(41)25(22-7-9-38-23-6-4-3-5-21(22)23)40-27-26(28(42)29(27)43)39-20-13-18(30(32,33)34)12-19(14-20)31(35,36)37/h2-7,9,12-14,16-17,24-25,39-40H,1,8,10-11,15H2/t16?,17?,24-,25?/m0/s1. The summed E-state index contributed by atoms with van der Waals surface area (Å²) in [7, 11) is 0. The Balaban J connectivity index is 1.41. The first-order chi connectivity index (χ1) is 20.3. The summed E-state index contributed by atoms with van der Waals surface area (Å²) in [6, 6.07) is 9.52. The number of nitrogens with zero attached hydrogens (tertiary/aromatic N) is 2. The second-order valence-electron chi connectivity index (χ2n) is 11.1. The van der Waals surface area contributed by atoms with Crippen molar-refractivity contribution < 1.29 is 26.3 Å². The van der Waals surface area contributed by atoms with Crippen molar-refractivity contribution in [2.75, 3.05) is 23.7 Å². The summed E-state index contributed by atoms with van der Waals surface area (Å²) in [6.45, 7) is 5.52. The van der Waals surface area contributed by atoms with Crippen molar-refractivity contribution in [3.8, 4) is 0 Å². The minimum absolute atomic E-state index is 0.000122. The van der Waals surface area contributed by atoms with Crippen molar-refractivity contribution in [2.24, 2.45) is 11.8 Å². The summed E-state index contributed by atoms with van der Waals surface area (Å²) < 4.78 is 80.7. The molecule has 7 rings (SSSR count). The Bertz CT molecular complexity index is 1740. The second-order valence-corrected chi connectivity index (χ2v) is 11.1. The van der Waals surface area contributed by atoms with E-state index in [0.29, 0.717) is 29.5 Å². The predicted octanol–water partition coefficient (Wildman–Crippen LogP) is 6.66. The normalized spacial score (nSPS) is 22.9. The summed E-state index contributed by atoms with van der Waals surface area (Å²) in [4.78, 5) is 32.3. The molecule has 3 saturated heterocycles. The molecule has 4 unspecified atom stereocenters. The highest BCUT2D eigenvalue weighted by Crippen LogP contribution is 2.44. The maximum Gasteiger partial charge on any atom is 0.416 e. The van der Waals surface area contributed by atoms with E-state index in [2.05, 4.69) is 27.1 Å². The Morgan fingerprint density at radius 1 is 0.953 bits per heavy atom. The first-order valence-electron chi connectivity index (χ1n) is 13.7. The fraction of sp³-hybridized carbons (Fsp3) is 0.323. The van der Waals surface area contributed by atoms with Crippen molar-refractivity contribution >= 4 is 28.0 Å². The van der Waals surface area contributed by atoms with Gasteiger partial charge in [-0.25, -0.2) is 0 Å². The lowest BCUT2D eigenvalue weighted by Gasteiger charge is -2.52. The molecule has 3 aromatic carbocycles. The smallest absolute Gasteiger partial charge is 0.372 e. The number of benzene rings is 2. The van der Waals surface area contributed by atoms with E-state index in [0.717, 1.165) is 36.9 Å². The molecule has 2 N–H and O–H groups in total. The van der Waals surface area contributed by atoms with Crippen LogP contribution in [0.3, 0.4) is 0 Å².